The van der Waals surface area contributed by atoms with Gasteiger partial charge in [0.25, 0.3) is 5.91 Å². The van der Waals surface area contributed by atoms with E-state index in [4.69, 9.17) is 19.8 Å². The van der Waals surface area contributed by atoms with E-state index in [0.29, 0.717) is 30.5 Å². The van der Waals surface area contributed by atoms with Gasteiger partial charge in [-0.05, 0) is 44.4 Å². The number of carbonyl (C=O) groups excluding carboxylic acids is 1. The molecule has 0 unspecified atom stereocenters. The van der Waals surface area contributed by atoms with E-state index in [1.54, 1.807) is 19.2 Å². The molecule has 0 radical (unpaired) electrons. The van der Waals surface area contributed by atoms with E-state index >= 15 is 0 Å². The van der Waals surface area contributed by atoms with Crippen LogP contribution >= 0.6 is 0 Å². The molecule has 0 aliphatic carbocycles. The smallest absolute Gasteiger partial charge is 0.251 e. The molecule has 2 N–H and O–H groups in total. The Balaban J connectivity index is 1.47. The highest BCUT2D eigenvalue weighted by Crippen LogP contribution is 2.28. The third-order valence-electron chi connectivity index (χ3n) is 6.28. The highest BCUT2D eigenvalue weighted by Gasteiger charge is 2.17. The molecule has 2 aromatic carbocycles. The highest BCUT2D eigenvalue weighted by atomic mass is 16.5. The van der Waals surface area contributed by atoms with Crippen molar-refractivity contribution < 1.29 is 9.53 Å². The number of nitrogens with zero attached hydrogens (tertiary/aromatic N) is 6. The molecule has 1 aliphatic rings. The van der Waals surface area contributed by atoms with E-state index in [1.165, 1.54) is 0 Å². The van der Waals surface area contributed by atoms with Crippen LogP contribution in [-0.4, -0.2) is 84.5 Å². The summed E-state index contributed by atoms with van der Waals surface area (Å²) in [5.41, 5.74) is 4.15. The summed E-state index contributed by atoms with van der Waals surface area (Å²) in [5, 5.41) is 11.9. The Morgan fingerprint density at radius 3 is 2.57 bits per heavy atom. The zero-order valence-electron chi connectivity index (χ0n) is 21.4. The van der Waals surface area contributed by atoms with E-state index in [0.717, 1.165) is 54.0 Å². The van der Waals surface area contributed by atoms with Crippen molar-refractivity contribution >= 4 is 34.3 Å². The number of morpholine rings is 1. The number of carbonyl (C=O) groups is 1. The number of hydrogen-bond donors (Lipinski definition) is 2. The van der Waals surface area contributed by atoms with E-state index in [2.05, 4.69) is 58.9 Å². The summed E-state index contributed by atoms with van der Waals surface area (Å²) in [5.74, 6) is 1.21. The Bertz CT molecular complexity index is 1380. The lowest BCUT2D eigenvalue weighted by Crippen LogP contribution is -2.37. The van der Waals surface area contributed by atoms with Crippen LogP contribution in [0.5, 0.6) is 0 Å². The second-order valence-electron chi connectivity index (χ2n) is 9.29. The lowest BCUT2D eigenvalue weighted by Gasteiger charge is -2.27. The molecule has 0 saturated carbocycles. The quantitative estimate of drug-likeness (QED) is 0.381. The number of ether oxygens (including phenoxy) is 1. The van der Waals surface area contributed by atoms with Crippen molar-refractivity contribution in [2.45, 2.75) is 6.54 Å². The summed E-state index contributed by atoms with van der Waals surface area (Å²) in [6.07, 6.45) is 2.08. The van der Waals surface area contributed by atoms with Crippen molar-refractivity contribution in [1.82, 2.24) is 30.0 Å². The average molecular weight is 501 g/mol. The number of amides is 1. The molecule has 4 aromatic rings. The Morgan fingerprint density at radius 2 is 1.84 bits per heavy atom. The SMILES string of the molecule is CNC(=O)c1ccc(Nc2cc(-c3ccc4cn(CCN(C)C)nc4c3)nc(N3CCOCC3)n2)cc1. The van der Waals surface area contributed by atoms with Gasteiger partial charge in [0.15, 0.2) is 0 Å². The van der Waals surface area contributed by atoms with Gasteiger partial charge in [-0.15, -0.1) is 0 Å². The van der Waals surface area contributed by atoms with Crippen LogP contribution in [0.1, 0.15) is 10.4 Å². The summed E-state index contributed by atoms with van der Waals surface area (Å²) < 4.78 is 7.52. The zero-order chi connectivity index (χ0) is 25.8. The molecule has 192 valence electrons. The fourth-order valence-electron chi connectivity index (χ4n) is 4.19. The Hall–Kier alpha value is -4.02. The Labute approximate surface area is 216 Å². The number of aromatic nitrogens is 4. The van der Waals surface area contributed by atoms with Gasteiger partial charge in [0.05, 0.1) is 31.0 Å². The number of hydrogen-bond acceptors (Lipinski definition) is 8. The Kier molecular flexibility index (Phi) is 7.29. The zero-order valence-corrected chi connectivity index (χ0v) is 21.4. The van der Waals surface area contributed by atoms with Gasteiger partial charge in [-0.3, -0.25) is 9.48 Å². The number of anilines is 3. The van der Waals surface area contributed by atoms with Crippen molar-refractivity contribution in [3.8, 4) is 11.3 Å². The summed E-state index contributed by atoms with van der Waals surface area (Å²) >= 11 is 0. The largest absolute Gasteiger partial charge is 0.378 e. The molecule has 1 fully saturated rings. The van der Waals surface area contributed by atoms with Gasteiger partial charge < -0.3 is 25.2 Å². The van der Waals surface area contributed by atoms with Crippen LogP contribution in [0.2, 0.25) is 0 Å². The molecule has 5 rings (SSSR count). The van der Waals surface area contributed by atoms with Crippen LogP contribution in [0.3, 0.4) is 0 Å². The molecule has 0 bridgehead atoms. The molecule has 1 saturated heterocycles. The van der Waals surface area contributed by atoms with Gasteiger partial charge >= 0.3 is 0 Å². The predicted molar refractivity (Wildman–Crippen MR) is 145 cm³/mol. The van der Waals surface area contributed by atoms with Crippen molar-refractivity contribution in [2.75, 3.05) is 64.2 Å². The number of likely N-dealkylation sites (N-methyl/N-ethyl adjacent to an activating group) is 1. The standard InChI is InChI=1S/C27H32N8O2/c1-28-26(36)19-6-8-22(9-7-19)29-25-17-23(30-27(31-25)34-12-14-37-15-13-34)20-4-5-21-18-35(11-10-33(2)3)32-24(21)16-20/h4-9,16-18H,10-15H2,1-3H3,(H,28,36)(H,29,30,31). The molecule has 1 amide bonds. The maximum atomic E-state index is 11.9. The molecule has 0 atom stereocenters. The molecule has 3 heterocycles. The normalized spacial score (nSPS) is 13.8. The van der Waals surface area contributed by atoms with Gasteiger partial charge in [0.1, 0.15) is 5.82 Å². The van der Waals surface area contributed by atoms with Gasteiger partial charge in [-0.25, -0.2) is 4.98 Å². The van der Waals surface area contributed by atoms with Crippen molar-refractivity contribution in [1.29, 1.82) is 0 Å². The lowest BCUT2D eigenvalue weighted by molar-refractivity contribution is 0.0963. The van der Waals surface area contributed by atoms with Gasteiger partial charge in [0, 0.05) is 61.1 Å². The van der Waals surface area contributed by atoms with Crippen LogP contribution in [0.15, 0.2) is 54.7 Å². The van der Waals surface area contributed by atoms with Gasteiger partial charge in [-0.2, -0.15) is 10.1 Å². The molecular weight excluding hydrogens is 468 g/mol. The first kappa shape index (κ1) is 24.7. The molecule has 1 aliphatic heterocycles. The predicted octanol–water partition coefficient (Wildman–Crippen LogP) is 2.99. The maximum absolute atomic E-state index is 11.9. The van der Waals surface area contributed by atoms with E-state index in [-0.39, 0.29) is 5.91 Å². The number of benzene rings is 2. The second kappa shape index (κ2) is 10.9. The number of rotatable bonds is 8. The number of nitrogens with one attached hydrogen (secondary N) is 2. The maximum Gasteiger partial charge on any atom is 0.251 e. The summed E-state index contributed by atoms with van der Waals surface area (Å²) in [7, 11) is 5.74. The molecular formula is C27H32N8O2. The first-order chi connectivity index (χ1) is 18.0. The molecule has 2 aromatic heterocycles. The third-order valence-corrected chi connectivity index (χ3v) is 6.28. The topological polar surface area (TPSA) is 100 Å². The second-order valence-corrected chi connectivity index (χ2v) is 9.29. The van der Waals surface area contributed by atoms with E-state index in [1.807, 2.05) is 22.9 Å². The van der Waals surface area contributed by atoms with Crippen molar-refractivity contribution in [3.63, 3.8) is 0 Å². The molecule has 0 spiro atoms. The van der Waals surface area contributed by atoms with E-state index < -0.39 is 0 Å². The fourth-order valence-corrected chi connectivity index (χ4v) is 4.19. The number of fused-ring (bicyclic) bond motifs is 1. The van der Waals surface area contributed by atoms with Crippen molar-refractivity contribution in [3.05, 3.63) is 60.3 Å². The lowest BCUT2D eigenvalue weighted by atomic mass is 10.1. The minimum atomic E-state index is -0.120. The Morgan fingerprint density at radius 1 is 1.05 bits per heavy atom. The fraction of sp³-hybridized carbons (Fsp3) is 0.333. The molecule has 37 heavy (non-hydrogen) atoms. The molecule has 10 nitrogen and oxygen atoms in total. The summed E-state index contributed by atoms with van der Waals surface area (Å²) in [4.78, 5) is 25.9. The molecule has 10 heteroatoms. The van der Waals surface area contributed by atoms with Crippen LogP contribution in [-0.2, 0) is 11.3 Å². The van der Waals surface area contributed by atoms with Crippen LogP contribution in [0, 0.1) is 0 Å². The van der Waals surface area contributed by atoms with E-state index in [9.17, 15) is 4.79 Å². The van der Waals surface area contributed by atoms with Crippen molar-refractivity contribution in [2.24, 2.45) is 0 Å². The van der Waals surface area contributed by atoms with Crippen LogP contribution in [0.4, 0.5) is 17.5 Å². The first-order valence-corrected chi connectivity index (χ1v) is 12.4. The minimum Gasteiger partial charge on any atom is -0.378 e. The highest BCUT2D eigenvalue weighted by molar-refractivity contribution is 5.94. The first-order valence-electron chi connectivity index (χ1n) is 12.4. The average Bonchev–Trinajstić information content (AvgIpc) is 3.34. The van der Waals surface area contributed by atoms with Gasteiger partial charge in [0.2, 0.25) is 5.95 Å². The summed E-state index contributed by atoms with van der Waals surface area (Å²) in [6, 6.07) is 15.5. The minimum absolute atomic E-state index is 0.120. The summed E-state index contributed by atoms with van der Waals surface area (Å²) in [6.45, 7) is 4.52. The van der Waals surface area contributed by atoms with Crippen LogP contribution in [0.25, 0.3) is 22.2 Å². The van der Waals surface area contributed by atoms with Gasteiger partial charge in [-0.1, -0.05) is 12.1 Å². The third kappa shape index (κ3) is 5.87. The van der Waals surface area contributed by atoms with Crippen LogP contribution < -0.4 is 15.5 Å². The monoisotopic (exact) mass is 500 g/mol.